The van der Waals surface area contributed by atoms with Crippen molar-refractivity contribution < 1.29 is 4.79 Å². The molecule has 2 saturated heterocycles. The zero-order valence-corrected chi connectivity index (χ0v) is 21.1. The summed E-state index contributed by atoms with van der Waals surface area (Å²) in [5.41, 5.74) is 3.47. The predicted octanol–water partition coefficient (Wildman–Crippen LogP) is 3.96. The molecular weight excluding hydrogens is 422 g/mol. The van der Waals surface area contributed by atoms with Crippen molar-refractivity contribution in [2.24, 2.45) is 0 Å². The molecule has 0 bridgehead atoms. The summed E-state index contributed by atoms with van der Waals surface area (Å²) in [7, 11) is 0. The summed E-state index contributed by atoms with van der Waals surface area (Å²) in [5, 5.41) is 0. The van der Waals surface area contributed by atoms with Crippen molar-refractivity contribution in [2.45, 2.75) is 64.5 Å². The van der Waals surface area contributed by atoms with Gasteiger partial charge >= 0.3 is 0 Å². The van der Waals surface area contributed by atoms with E-state index in [4.69, 9.17) is 4.98 Å². The average Bonchev–Trinajstić information content (AvgIpc) is 3.14. The first-order valence-corrected chi connectivity index (χ1v) is 13.5. The zero-order chi connectivity index (χ0) is 23.5. The van der Waals surface area contributed by atoms with Gasteiger partial charge in [0.2, 0.25) is 0 Å². The van der Waals surface area contributed by atoms with Crippen LogP contribution in [-0.4, -0.2) is 90.0 Å². The normalized spacial score (nSPS) is 23.4. The van der Waals surface area contributed by atoms with Gasteiger partial charge in [0.05, 0.1) is 0 Å². The van der Waals surface area contributed by atoms with Gasteiger partial charge in [0.15, 0.2) is 0 Å². The number of nitrogens with zero attached hydrogens (tertiary/aromatic N) is 5. The summed E-state index contributed by atoms with van der Waals surface area (Å²) in [5.74, 6) is 1.03. The Labute approximate surface area is 205 Å². The Hall–Kier alpha value is -2.18. The number of rotatable bonds is 4. The number of carbonyl (C=O) groups excluding carboxylic acids is 1. The van der Waals surface area contributed by atoms with E-state index in [9.17, 15) is 4.79 Å². The molecule has 6 nitrogen and oxygen atoms in total. The van der Waals surface area contributed by atoms with Gasteiger partial charge in [-0.2, -0.15) is 0 Å². The molecule has 1 aliphatic carbocycles. The van der Waals surface area contributed by atoms with E-state index in [1.165, 1.54) is 43.6 Å². The highest BCUT2D eigenvalue weighted by molar-refractivity contribution is 5.93. The number of piperidine rings is 1. The Morgan fingerprint density at radius 3 is 2.68 bits per heavy atom. The molecule has 4 aliphatic rings. The van der Waals surface area contributed by atoms with Crippen LogP contribution in [0.15, 0.2) is 41.5 Å². The summed E-state index contributed by atoms with van der Waals surface area (Å²) in [6.07, 6.45) is 11.5. The third kappa shape index (κ3) is 5.23. The number of allylic oxidation sites excluding steroid dienone is 1. The molecule has 0 atom stereocenters. The summed E-state index contributed by atoms with van der Waals surface area (Å²) in [6, 6.07) is 7.34. The van der Waals surface area contributed by atoms with E-state index in [-0.39, 0.29) is 5.91 Å². The van der Waals surface area contributed by atoms with Crippen LogP contribution in [0.4, 0.5) is 5.82 Å². The van der Waals surface area contributed by atoms with Gasteiger partial charge in [-0.15, -0.1) is 0 Å². The van der Waals surface area contributed by atoms with Crippen molar-refractivity contribution in [2.75, 3.05) is 57.3 Å². The fourth-order valence-electron chi connectivity index (χ4n) is 6.12. The molecule has 2 fully saturated rings. The minimum Gasteiger partial charge on any atom is -0.355 e. The van der Waals surface area contributed by atoms with Gasteiger partial charge in [-0.1, -0.05) is 23.8 Å². The quantitative estimate of drug-likeness (QED) is 0.676. The van der Waals surface area contributed by atoms with Crippen LogP contribution in [0.5, 0.6) is 0 Å². The lowest BCUT2D eigenvalue weighted by Gasteiger charge is -2.39. The van der Waals surface area contributed by atoms with Gasteiger partial charge in [-0.05, 0) is 83.2 Å². The predicted molar refractivity (Wildman–Crippen MR) is 138 cm³/mol. The maximum absolute atomic E-state index is 13.3. The molecule has 184 valence electrons. The number of likely N-dealkylation sites (tertiary alicyclic amines) is 1. The first-order chi connectivity index (χ1) is 16.6. The van der Waals surface area contributed by atoms with Crippen molar-refractivity contribution >= 4 is 11.7 Å². The number of amides is 1. The van der Waals surface area contributed by atoms with E-state index in [2.05, 4.69) is 46.8 Å². The first kappa shape index (κ1) is 23.6. The molecule has 0 aromatic carbocycles. The maximum atomic E-state index is 13.3. The highest BCUT2D eigenvalue weighted by atomic mass is 16.2. The van der Waals surface area contributed by atoms with Crippen LogP contribution in [0.25, 0.3) is 0 Å². The van der Waals surface area contributed by atoms with E-state index in [0.717, 1.165) is 64.2 Å². The number of hydrogen-bond acceptors (Lipinski definition) is 5. The second-order valence-corrected chi connectivity index (χ2v) is 10.7. The lowest BCUT2D eigenvalue weighted by atomic mass is 9.91. The number of carbonyl (C=O) groups is 1. The van der Waals surface area contributed by atoms with Gasteiger partial charge in [0.25, 0.3) is 5.91 Å². The van der Waals surface area contributed by atoms with Crippen LogP contribution < -0.4 is 4.90 Å². The standard InChI is InChI=1S/C28H41N5O/c1-22(2)30-17-12-25(13-18-30)31-14-6-15-32(20-19-31)27-10-5-9-26(29-27)28(34)33-16-11-23-7-3-4-8-24(23)21-33/h4-5,8-10,22,25H,3,6-7,11-21H2,1-2H3. The largest absolute Gasteiger partial charge is 0.355 e. The maximum Gasteiger partial charge on any atom is 0.272 e. The van der Waals surface area contributed by atoms with Crippen LogP contribution in [0.2, 0.25) is 0 Å². The minimum absolute atomic E-state index is 0.0701. The number of anilines is 1. The lowest BCUT2D eigenvalue weighted by molar-refractivity contribution is 0.0758. The van der Waals surface area contributed by atoms with Crippen LogP contribution in [0.1, 0.15) is 62.9 Å². The first-order valence-electron chi connectivity index (χ1n) is 13.5. The van der Waals surface area contributed by atoms with Gasteiger partial charge in [-0.3, -0.25) is 9.69 Å². The molecule has 1 aromatic heterocycles. The molecular formula is C28H41N5O. The fraction of sp³-hybridized carbons (Fsp3) is 0.643. The second-order valence-electron chi connectivity index (χ2n) is 10.7. The molecule has 5 rings (SSSR count). The number of pyridine rings is 1. The van der Waals surface area contributed by atoms with E-state index in [1.807, 2.05) is 17.0 Å². The Bertz CT molecular complexity index is 930. The van der Waals surface area contributed by atoms with Crippen molar-refractivity contribution in [3.63, 3.8) is 0 Å². The van der Waals surface area contributed by atoms with Crippen molar-refractivity contribution in [3.05, 3.63) is 47.2 Å². The van der Waals surface area contributed by atoms with Crippen LogP contribution in [0, 0.1) is 0 Å². The molecule has 6 heteroatoms. The van der Waals surface area contributed by atoms with Crippen LogP contribution >= 0.6 is 0 Å². The second kappa shape index (κ2) is 10.6. The Balaban J connectivity index is 1.20. The number of aromatic nitrogens is 1. The fourth-order valence-corrected chi connectivity index (χ4v) is 6.12. The Morgan fingerprint density at radius 1 is 1.00 bits per heavy atom. The van der Waals surface area contributed by atoms with Crippen LogP contribution in [0.3, 0.4) is 0 Å². The van der Waals surface area contributed by atoms with E-state index in [0.29, 0.717) is 17.8 Å². The molecule has 0 saturated carbocycles. The third-order valence-electron chi connectivity index (χ3n) is 8.27. The highest BCUT2D eigenvalue weighted by Crippen LogP contribution is 2.28. The highest BCUT2D eigenvalue weighted by Gasteiger charge is 2.28. The van der Waals surface area contributed by atoms with Crippen molar-refractivity contribution in [1.82, 2.24) is 19.7 Å². The van der Waals surface area contributed by atoms with Crippen molar-refractivity contribution in [1.29, 1.82) is 0 Å². The van der Waals surface area contributed by atoms with Gasteiger partial charge in [-0.25, -0.2) is 4.98 Å². The molecule has 1 aromatic rings. The molecule has 34 heavy (non-hydrogen) atoms. The van der Waals surface area contributed by atoms with Gasteiger partial charge < -0.3 is 14.7 Å². The molecule has 0 N–H and O–H groups in total. The molecule has 3 aliphatic heterocycles. The molecule has 1 amide bonds. The Kier molecular flexibility index (Phi) is 7.35. The number of hydrogen-bond donors (Lipinski definition) is 0. The van der Waals surface area contributed by atoms with Gasteiger partial charge in [0.1, 0.15) is 11.5 Å². The van der Waals surface area contributed by atoms with Crippen molar-refractivity contribution in [3.8, 4) is 0 Å². The minimum atomic E-state index is 0.0701. The molecule has 0 unspecified atom stereocenters. The van der Waals surface area contributed by atoms with Gasteiger partial charge in [0, 0.05) is 51.4 Å². The molecule has 0 radical (unpaired) electrons. The SMILES string of the molecule is CC(C)N1CCC(N2CCCN(c3cccc(C(=O)N4CCC5=C(C=CCC5)C4)n3)CC2)CC1. The molecule has 4 heterocycles. The van der Waals surface area contributed by atoms with E-state index >= 15 is 0 Å². The Morgan fingerprint density at radius 2 is 1.85 bits per heavy atom. The monoisotopic (exact) mass is 463 g/mol. The van der Waals surface area contributed by atoms with Crippen LogP contribution in [-0.2, 0) is 0 Å². The smallest absolute Gasteiger partial charge is 0.272 e. The summed E-state index contributed by atoms with van der Waals surface area (Å²) < 4.78 is 0. The lowest BCUT2D eigenvalue weighted by Crippen LogP contribution is -2.47. The summed E-state index contributed by atoms with van der Waals surface area (Å²) >= 11 is 0. The van der Waals surface area contributed by atoms with E-state index < -0.39 is 0 Å². The van der Waals surface area contributed by atoms with E-state index in [1.54, 1.807) is 0 Å². The third-order valence-corrected chi connectivity index (χ3v) is 8.27. The average molecular weight is 464 g/mol. The zero-order valence-electron chi connectivity index (χ0n) is 21.1. The summed E-state index contributed by atoms with van der Waals surface area (Å²) in [6.45, 7) is 12.8. The molecule has 0 spiro atoms. The summed E-state index contributed by atoms with van der Waals surface area (Å²) in [4.78, 5) is 27.8. The topological polar surface area (TPSA) is 42.9 Å².